The highest BCUT2D eigenvalue weighted by Gasteiger charge is 2.42. The lowest BCUT2D eigenvalue weighted by Gasteiger charge is -2.32. The monoisotopic (exact) mass is 803 g/mol. The van der Waals surface area contributed by atoms with Crippen molar-refractivity contribution in [1.82, 2.24) is 0 Å². The highest BCUT2D eigenvalue weighted by atomic mass is 19.4. The van der Waals surface area contributed by atoms with Crippen molar-refractivity contribution in [3.63, 3.8) is 0 Å². The van der Waals surface area contributed by atoms with Gasteiger partial charge in [-0.2, -0.15) is 18.4 Å². The molecule has 0 amide bonds. The Labute approximate surface area is 357 Å². The van der Waals surface area contributed by atoms with Crippen molar-refractivity contribution in [3.8, 4) is 39.4 Å². The molecule has 0 saturated heterocycles. The summed E-state index contributed by atoms with van der Waals surface area (Å²) in [7, 11) is 0. The van der Waals surface area contributed by atoms with E-state index in [1.165, 1.54) is 99.8 Å². The predicted octanol–water partition coefficient (Wildman–Crippen LogP) is 11.3. The van der Waals surface area contributed by atoms with E-state index in [-0.39, 0.29) is 23.0 Å². The summed E-state index contributed by atoms with van der Waals surface area (Å²) in [6.45, 7) is 3.98. The molecule has 0 radical (unpaired) electrons. The summed E-state index contributed by atoms with van der Waals surface area (Å²) in [4.78, 5) is 0. The second kappa shape index (κ2) is 13.3. The van der Waals surface area contributed by atoms with Crippen LogP contribution in [0.5, 0.6) is 0 Å². The van der Waals surface area contributed by atoms with Crippen molar-refractivity contribution >= 4 is 39.5 Å². The molecule has 62 heavy (non-hydrogen) atoms. The second-order valence-corrected chi connectivity index (χ2v) is 17.0. The van der Waals surface area contributed by atoms with Crippen molar-refractivity contribution < 1.29 is 13.2 Å². The third-order valence-corrected chi connectivity index (χ3v) is 13.7. The maximum Gasteiger partial charge on any atom is 0.417 e. The van der Waals surface area contributed by atoms with Crippen LogP contribution in [0.4, 0.5) is 13.2 Å². The summed E-state index contributed by atoms with van der Waals surface area (Å²) in [5, 5.41) is 14.5. The molecule has 2 atom stereocenters. The quantitative estimate of drug-likeness (QED) is 0.174. The van der Waals surface area contributed by atoms with E-state index in [0.717, 1.165) is 28.3 Å². The van der Waals surface area contributed by atoms with Crippen LogP contribution in [-0.2, 0) is 6.18 Å². The summed E-state index contributed by atoms with van der Waals surface area (Å²) in [5.74, 6) is 0.0887. The van der Waals surface area contributed by atoms with Gasteiger partial charge >= 0.3 is 6.18 Å². The minimum atomic E-state index is -4.61. The Morgan fingerprint density at radius 2 is 1.15 bits per heavy atom. The SMILES string of the molecule is Cc1cc(-c2ccc(C#N)cc2C(F)(F)F)cc(C)c1C1=CC=C2c3c(-c4ccccc4)c4c(c(-c5ccccc5)c3=C3C=CC=C1C23)C1=CC=CC2=c3ccccc3=C(C=4)C12. The van der Waals surface area contributed by atoms with Gasteiger partial charge in [-0.3, -0.25) is 0 Å². The van der Waals surface area contributed by atoms with Gasteiger partial charge in [0.05, 0.1) is 17.2 Å². The Bertz CT molecular complexity index is 3540. The van der Waals surface area contributed by atoms with E-state index in [2.05, 4.69) is 140 Å². The predicted molar refractivity (Wildman–Crippen MR) is 245 cm³/mol. The molecular formula is C58H36F3N. The molecule has 1 nitrogen and oxygen atoms in total. The largest absolute Gasteiger partial charge is 0.417 e. The fraction of sp³-hybridized carbons (Fsp3) is 0.0862. The number of alkyl halides is 3. The summed E-state index contributed by atoms with van der Waals surface area (Å²) in [6, 6.07) is 40.0. The van der Waals surface area contributed by atoms with Crippen molar-refractivity contribution in [2.45, 2.75) is 20.0 Å². The van der Waals surface area contributed by atoms with Crippen LogP contribution in [0.2, 0.25) is 0 Å². The highest BCUT2D eigenvalue weighted by Crippen LogP contribution is 2.54. The third kappa shape index (κ3) is 5.09. The second-order valence-electron chi connectivity index (χ2n) is 17.0. The zero-order valence-electron chi connectivity index (χ0n) is 33.9. The summed E-state index contributed by atoms with van der Waals surface area (Å²) >= 11 is 0. The molecule has 294 valence electrons. The van der Waals surface area contributed by atoms with Gasteiger partial charge in [0.1, 0.15) is 0 Å². The first-order chi connectivity index (χ1) is 30.2. The van der Waals surface area contributed by atoms with Crippen LogP contribution in [0.3, 0.4) is 0 Å². The van der Waals surface area contributed by atoms with E-state index in [0.29, 0.717) is 5.56 Å². The fourth-order valence-electron chi connectivity index (χ4n) is 11.4. The number of nitrogens with zero attached hydrogens (tertiary/aromatic N) is 1. The Morgan fingerprint density at radius 3 is 1.82 bits per heavy atom. The van der Waals surface area contributed by atoms with Crippen molar-refractivity contribution in [1.29, 1.82) is 5.26 Å². The molecule has 12 rings (SSSR count). The Kier molecular flexibility index (Phi) is 7.78. The van der Waals surface area contributed by atoms with Gasteiger partial charge < -0.3 is 0 Å². The van der Waals surface area contributed by atoms with Gasteiger partial charge in [-0.15, -0.1) is 0 Å². The number of fused-ring (bicyclic) bond motifs is 5. The first kappa shape index (κ1) is 36.4. The fourth-order valence-corrected chi connectivity index (χ4v) is 11.4. The zero-order chi connectivity index (χ0) is 42.0. The van der Waals surface area contributed by atoms with Crippen molar-refractivity contribution in [2.24, 2.45) is 11.8 Å². The number of allylic oxidation sites excluding steroid dienone is 12. The number of aryl methyl sites for hydroxylation is 2. The van der Waals surface area contributed by atoms with Gasteiger partial charge in [0, 0.05) is 11.8 Å². The van der Waals surface area contributed by atoms with E-state index >= 15 is 0 Å². The Morgan fingerprint density at radius 1 is 0.532 bits per heavy atom. The van der Waals surface area contributed by atoms with Crippen molar-refractivity contribution in [2.75, 3.05) is 0 Å². The maximum atomic E-state index is 14.4. The van der Waals surface area contributed by atoms with Gasteiger partial charge in [0.15, 0.2) is 0 Å². The molecular weight excluding hydrogens is 768 g/mol. The van der Waals surface area contributed by atoms with Gasteiger partial charge in [-0.1, -0.05) is 152 Å². The Balaban J connectivity index is 1.14. The lowest BCUT2D eigenvalue weighted by Crippen LogP contribution is -2.31. The number of benzene rings is 6. The molecule has 6 aromatic carbocycles. The lowest BCUT2D eigenvalue weighted by atomic mass is 9.71. The van der Waals surface area contributed by atoms with Gasteiger partial charge in [0.2, 0.25) is 0 Å². The molecule has 4 heteroatoms. The first-order valence-corrected chi connectivity index (χ1v) is 21.0. The molecule has 0 fully saturated rings. The normalized spacial score (nSPS) is 18.4. The standard InChI is InChI=1S/C58H36F3N/c1-32-27-37(38-24-23-34(31-62)29-49(38)58(59,60)61)28-33(2)50(32)43-25-26-46-53-42(43)20-12-22-45(53)57-52(36-15-7-4-8-16-36)55-44-21-11-19-41-39-17-9-10-18-40(39)47(54(41)44)30-48(55)51(56(46)57)35-13-5-3-6-14-35/h3-30,53-54H,1-2H3. The van der Waals surface area contributed by atoms with Crippen LogP contribution in [-0.4, -0.2) is 0 Å². The molecule has 0 bridgehead atoms. The molecule has 6 aliphatic carbocycles. The van der Waals surface area contributed by atoms with Crippen LogP contribution >= 0.6 is 0 Å². The van der Waals surface area contributed by atoms with E-state index in [9.17, 15) is 18.4 Å². The molecule has 6 aliphatic rings. The molecule has 2 unspecified atom stereocenters. The summed E-state index contributed by atoms with van der Waals surface area (Å²) in [5.41, 5.74) is 18.7. The molecule has 0 N–H and O–H groups in total. The van der Waals surface area contributed by atoms with Crippen LogP contribution in [0.15, 0.2) is 169 Å². The average molecular weight is 804 g/mol. The Hall–Kier alpha value is -7.48. The molecule has 0 spiro atoms. The number of hydrogen-bond acceptors (Lipinski definition) is 1. The number of halogens is 3. The van der Waals surface area contributed by atoms with E-state index in [1.54, 1.807) is 0 Å². The maximum absolute atomic E-state index is 14.4. The molecule has 0 aromatic heterocycles. The zero-order valence-corrected chi connectivity index (χ0v) is 33.9. The van der Waals surface area contributed by atoms with Crippen LogP contribution in [0.1, 0.15) is 38.9 Å². The minimum absolute atomic E-state index is 0.0186. The van der Waals surface area contributed by atoms with Crippen LogP contribution in [0, 0.1) is 37.0 Å². The molecule has 0 aliphatic heterocycles. The lowest BCUT2D eigenvalue weighted by molar-refractivity contribution is -0.137. The van der Waals surface area contributed by atoms with E-state index in [1.807, 2.05) is 32.0 Å². The molecule has 0 saturated carbocycles. The minimum Gasteiger partial charge on any atom is -0.192 e. The van der Waals surface area contributed by atoms with Gasteiger partial charge in [0.25, 0.3) is 0 Å². The van der Waals surface area contributed by atoms with E-state index < -0.39 is 11.7 Å². The summed E-state index contributed by atoms with van der Waals surface area (Å²) < 4.78 is 43.2. The van der Waals surface area contributed by atoms with Gasteiger partial charge in [-0.05, 0) is 153 Å². The van der Waals surface area contributed by atoms with Crippen LogP contribution < -0.4 is 20.9 Å². The average Bonchev–Trinajstić information content (AvgIpc) is 3.80. The van der Waals surface area contributed by atoms with Gasteiger partial charge in [-0.25, -0.2) is 0 Å². The third-order valence-electron chi connectivity index (χ3n) is 13.7. The van der Waals surface area contributed by atoms with E-state index in [4.69, 9.17) is 0 Å². The summed E-state index contributed by atoms with van der Waals surface area (Å²) in [6.07, 6.45) is 16.0. The molecule has 6 aromatic rings. The number of rotatable bonds is 4. The number of hydrogen-bond donors (Lipinski definition) is 0. The topological polar surface area (TPSA) is 23.8 Å². The van der Waals surface area contributed by atoms with Crippen molar-refractivity contribution in [3.05, 3.63) is 229 Å². The first-order valence-electron chi connectivity index (χ1n) is 21.0. The van der Waals surface area contributed by atoms with Crippen LogP contribution in [0.25, 0.3) is 72.9 Å². The smallest absolute Gasteiger partial charge is 0.192 e. The molecule has 0 heterocycles. The highest BCUT2D eigenvalue weighted by molar-refractivity contribution is 6.12. The number of nitriles is 1.